The van der Waals surface area contributed by atoms with Gasteiger partial charge in [0.2, 0.25) is 0 Å². The summed E-state index contributed by atoms with van der Waals surface area (Å²) < 4.78 is 27.2. The van der Waals surface area contributed by atoms with E-state index in [-0.39, 0.29) is 21.7 Å². The second-order valence-electron chi connectivity index (χ2n) is 7.79. The van der Waals surface area contributed by atoms with Crippen LogP contribution >= 0.6 is 0 Å². The molecule has 0 bridgehead atoms. The number of pyridine rings is 2. The smallest absolute Gasteiger partial charge is 0.305 e. The summed E-state index contributed by atoms with van der Waals surface area (Å²) in [6.07, 6.45) is 3.78. The highest BCUT2D eigenvalue weighted by molar-refractivity contribution is 7.91. The van der Waals surface area contributed by atoms with Crippen LogP contribution in [0.25, 0.3) is 0 Å². The van der Waals surface area contributed by atoms with Gasteiger partial charge >= 0.3 is 5.97 Å². The number of aromatic nitrogens is 2. The molecule has 2 aromatic heterocycles. The highest BCUT2D eigenvalue weighted by Crippen LogP contribution is 2.35. The first-order valence-corrected chi connectivity index (χ1v) is 12.4. The largest absolute Gasteiger partial charge is 0.481 e. The Labute approximate surface area is 207 Å². The average molecular weight is 503 g/mol. The molecule has 1 unspecified atom stereocenters. The molecule has 9 nitrogen and oxygen atoms in total. The van der Waals surface area contributed by atoms with Crippen molar-refractivity contribution in [1.82, 2.24) is 9.97 Å². The first kappa shape index (κ1) is 24.6. The monoisotopic (exact) mass is 502 g/mol. The van der Waals surface area contributed by atoms with Crippen molar-refractivity contribution in [2.75, 3.05) is 10.6 Å². The van der Waals surface area contributed by atoms with Crippen LogP contribution in [-0.2, 0) is 14.6 Å². The molecule has 4 rings (SSSR count). The molecule has 0 aliphatic rings. The molecule has 36 heavy (non-hydrogen) atoms. The molecule has 0 spiro atoms. The third kappa shape index (κ3) is 5.73. The number of amides is 1. The molecule has 1 amide bonds. The van der Waals surface area contributed by atoms with Crippen molar-refractivity contribution >= 4 is 38.9 Å². The molecule has 1 atom stereocenters. The van der Waals surface area contributed by atoms with Crippen LogP contribution in [-0.4, -0.2) is 35.4 Å². The first-order chi connectivity index (χ1) is 17.3. The number of carbonyl (C=O) groups excluding carboxylic acids is 1. The number of hydrogen-bond donors (Lipinski definition) is 3. The third-order valence-electron chi connectivity index (χ3n) is 5.29. The standard InChI is InChI=1S/C26H22N4O5S/c31-25(32)16-23(19-8-6-13-27-17-19)36(34,35)22-11-2-1-10-21(22)30-26(33)18-7-5-9-20(15-18)29-24-12-3-4-14-28-24/h1-15,17,23H,16H2,(H,28,29)(H,30,33)(H,31,32). The van der Waals surface area contributed by atoms with E-state index in [9.17, 15) is 23.1 Å². The van der Waals surface area contributed by atoms with Crippen molar-refractivity contribution < 1.29 is 23.1 Å². The van der Waals surface area contributed by atoms with E-state index in [0.717, 1.165) is 0 Å². The van der Waals surface area contributed by atoms with Gasteiger partial charge in [0.1, 0.15) is 11.1 Å². The lowest BCUT2D eigenvalue weighted by Gasteiger charge is -2.19. The van der Waals surface area contributed by atoms with Gasteiger partial charge in [-0.05, 0) is 54.1 Å². The van der Waals surface area contributed by atoms with Gasteiger partial charge in [-0.25, -0.2) is 13.4 Å². The molecule has 0 saturated heterocycles. The Morgan fingerprint density at radius 1 is 0.917 bits per heavy atom. The number of carboxylic acid groups (broad SMARTS) is 1. The summed E-state index contributed by atoms with van der Waals surface area (Å²) in [5, 5.41) is 13.8. The highest BCUT2D eigenvalue weighted by Gasteiger charge is 2.33. The molecular weight excluding hydrogens is 480 g/mol. The van der Waals surface area contributed by atoms with Gasteiger partial charge < -0.3 is 15.7 Å². The number of rotatable bonds is 9. The Morgan fingerprint density at radius 2 is 1.72 bits per heavy atom. The van der Waals surface area contributed by atoms with Gasteiger partial charge in [0.15, 0.2) is 9.84 Å². The van der Waals surface area contributed by atoms with Crippen LogP contribution in [0, 0.1) is 0 Å². The fourth-order valence-electron chi connectivity index (χ4n) is 3.62. The molecule has 182 valence electrons. The van der Waals surface area contributed by atoms with Crippen molar-refractivity contribution in [1.29, 1.82) is 0 Å². The molecule has 4 aromatic rings. The Morgan fingerprint density at radius 3 is 2.44 bits per heavy atom. The number of benzene rings is 2. The van der Waals surface area contributed by atoms with Crippen LogP contribution in [0.2, 0.25) is 0 Å². The number of carboxylic acids is 1. The van der Waals surface area contributed by atoms with Crippen molar-refractivity contribution in [3.8, 4) is 0 Å². The topological polar surface area (TPSA) is 138 Å². The summed E-state index contributed by atoms with van der Waals surface area (Å²) in [5.74, 6) is -1.20. The fourth-order valence-corrected chi connectivity index (χ4v) is 5.48. The van der Waals surface area contributed by atoms with Crippen LogP contribution in [0.1, 0.15) is 27.6 Å². The minimum Gasteiger partial charge on any atom is -0.481 e. The minimum absolute atomic E-state index is 0.0462. The van der Waals surface area contributed by atoms with Crippen molar-refractivity contribution in [3.05, 3.63) is 109 Å². The maximum Gasteiger partial charge on any atom is 0.305 e. The molecular formula is C26H22N4O5S. The van der Waals surface area contributed by atoms with Crippen molar-refractivity contribution in [2.45, 2.75) is 16.6 Å². The number of hydrogen-bond acceptors (Lipinski definition) is 7. The lowest BCUT2D eigenvalue weighted by Crippen LogP contribution is -2.20. The summed E-state index contributed by atoms with van der Waals surface area (Å²) in [5.41, 5.74) is 1.21. The maximum absolute atomic E-state index is 13.6. The van der Waals surface area contributed by atoms with Gasteiger partial charge in [0, 0.05) is 29.8 Å². The van der Waals surface area contributed by atoms with E-state index in [4.69, 9.17) is 0 Å². The van der Waals surface area contributed by atoms with Gasteiger partial charge in [0.05, 0.1) is 17.0 Å². The zero-order valence-electron chi connectivity index (χ0n) is 18.9. The second kappa shape index (κ2) is 10.8. The molecule has 0 fully saturated rings. The summed E-state index contributed by atoms with van der Waals surface area (Å²) in [4.78, 5) is 32.5. The number of aliphatic carboxylic acids is 1. The minimum atomic E-state index is -4.21. The predicted molar refractivity (Wildman–Crippen MR) is 135 cm³/mol. The number of carbonyl (C=O) groups is 2. The SMILES string of the molecule is O=C(O)CC(c1cccnc1)S(=O)(=O)c1ccccc1NC(=O)c1cccc(Nc2ccccn2)c1. The van der Waals surface area contributed by atoms with E-state index in [1.54, 1.807) is 54.7 Å². The van der Waals surface area contributed by atoms with Gasteiger partial charge in [-0.3, -0.25) is 14.6 Å². The Hall–Kier alpha value is -4.57. The van der Waals surface area contributed by atoms with Crippen LogP contribution in [0.3, 0.4) is 0 Å². The van der Waals surface area contributed by atoms with Gasteiger partial charge in [-0.2, -0.15) is 0 Å². The van der Waals surface area contributed by atoms with Gasteiger partial charge in [-0.15, -0.1) is 0 Å². The molecule has 0 saturated carbocycles. The lowest BCUT2D eigenvalue weighted by atomic mass is 10.1. The van der Waals surface area contributed by atoms with Gasteiger partial charge in [0.25, 0.3) is 5.91 Å². The average Bonchev–Trinajstić information content (AvgIpc) is 2.88. The molecule has 2 aromatic carbocycles. The van der Waals surface area contributed by atoms with E-state index >= 15 is 0 Å². The zero-order valence-corrected chi connectivity index (χ0v) is 19.7. The maximum atomic E-state index is 13.6. The predicted octanol–water partition coefficient (Wildman–Crippen LogP) is 4.46. The van der Waals surface area contributed by atoms with Crippen LogP contribution in [0.15, 0.2) is 102 Å². The molecule has 2 heterocycles. The lowest BCUT2D eigenvalue weighted by molar-refractivity contribution is -0.137. The summed E-state index contributed by atoms with van der Waals surface area (Å²) >= 11 is 0. The van der Waals surface area contributed by atoms with E-state index in [1.165, 1.54) is 36.7 Å². The van der Waals surface area contributed by atoms with E-state index < -0.39 is 33.4 Å². The second-order valence-corrected chi connectivity index (χ2v) is 9.89. The Bertz CT molecular complexity index is 1480. The highest BCUT2D eigenvalue weighted by atomic mass is 32.2. The number of anilines is 3. The quantitative estimate of drug-likeness (QED) is 0.305. The first-order valence-electron chi connectivity index (χ1n) is 10.9. The molecule has 0 aliphatic carbocycles. The normalized spacial score (nSPS) is 11.9. The fraction of sp³-hybridized carbons (Fsp3) is 0.0769. The number of nitrogens with one attached hydrogen (secondary N) is 2. The Balaban J connectivity index is 1.63. The van der Waals surface area contributed by atoms with Crippen LogP contribution < -0.4 is 10.6 Å². The molecule has 0 aliphatic heterocycles. The molecule has 0 radical (unpaired) electrons. The summed E-state index contributed by atoms with van der Waals surface area (Å²) in [7, 11) is -4.21. The summed E-state index contributed by atoms with van der Waals surface area (Å²) in [6.45, 7) is 0. The van der Waals surface area contributed by atoms with Crippen molar-refractivity contribution in [2.24, 2.45) is 0 Å². The number of nitrogens with zero attached hydrogens (tertiary/aromatic N) is 2. The summed E-state index contributed by atoms with van der Waals surface area (Å²) in [6, 6.07) is 21.0. The number of sulfone groups is 1. The van der Waals surface area contributed by atoms with E-state index in [1.807, 2.05) is 6.07 Å². The molecule has 3 N–H and O–H groups in total. The third-order valence-corrected chi connectivity index (χ3v) is 7.45. The van der Waals surface area contributed by atoms with E-state index in [2.05, 4.69) is 20.6 Å². The van der Waals surface area contributed by atoms with E-state index in [0.29, 0.717) is 11.5 Å². The molecule has 10 heteroatoms. The van der Waals surface area contributed by atoms with Crippen LogP contribution in [0.5, 0.6) is 0 Å². The number of para-hydroxylation sites is 1. The van der Waals surface area contributed by atoms with Crippen molar-refractivity contribution in [3.63, 3.8) is 0 Å². The Kier molecular flexibility index (Phi) is 7.36. The van der Waals surface area contributed by atoms with Gasteiger partial charge in [-0.1, -0.05) is 30.3 Å². The zero-order chi connectivity index (χ0) is 25.5. The van der Waals surface area contributed by atoms with Crippen LogP contribution in [0.4, 0.5) is 17.2 Å².